The molecule has 2 aliphatic heterocycles. The summed E-state index contributed by atoms with van der Waals surface area (Å²) in [5, 5.41) is 6.35. The second-order valence-electron chi connectivity index (χ2n) is 4.33. The highest BCUT2D eigenvalue weighted by Gasteiger charge is 2.42. The van der Waals surface area contributed by atoms with Gasteiger partial charge in [0, 0.05) is 17.4 Å². The van der Waals surface area contributed by atoms with Crippen molar-refractivity contribution in [1.29, 1.82) is 0 Å². The third kappa shape index (κ3) is 2.61. The van der Waals surface area contributed by atoms with Gasteiger partial charge in [-0.1, -0.05) is 6.42 Å². The second-order valence-corrected chi connectivity index (χ2v) is 5.61. The Morgan fingerprint density at radius 2 is 2.25 bits per heavy atom. The van der Waals surface area contributed by atoms with Crippen LogP contribution < -0.4 is 16.4 Å². The summed E-state index contributed by atoms with van der Waals surface area (Å²) >= 11 is 1.90. The molecule has 0 spiro atoms. The Kier molecular flexibility index (Phi) is 3.58. The highest BCUT2D eigenvalue weighted by Crippen LogP contribution is 2.33. The van der Waals surface area contributed by atoms with Gasteiger partial charge in [-0.2, -0.15) is 11.8 Å². The number of carbonyl (C=O) groups excluding carboxylic acids is 2. The van der Waals surface area contributed by atoms with E-state index in [1.54, 1.807) is 0 Å². The smallest absolute Gasteiger partial charge is 0.315 e. The minimum atomic E-state index is -0.229. The molecule has 5 nitrogen and oxygen atoms in total. The van der Waals surface area contributed by atoms with Gasteiger partial charge in [0.2, 0.25) is 5.91 Å². The average molecular weight is 243 g/mol. The van der Waals surface area contributed by atoms with Crippen LogP contribution in [0.15, 0.2) is 0 Å². The summed E-state index contributed by atoms with van der Waals surface area (Å²) in [5.41, 5.74) is 5.08. The Morgan fingerprint density at radius 1 is 1.44 bits per heavy atom. The average Bonchev–Trinajstić information content (AvgIpc) is 2.72. The molecule has 2 fully saturated rings. The molecule has 3 amide bonds. The number of unbranched alkanes of at least 4 members (excludes halogenated alkanes) is 1. The molecule has 6 heteroatoms. The van der Waals surface area contributed by atoms with Crippen molar-refractivity contribution in [3.8, 4) is 0 Å². The highest BCUT2D eigenvalue weighted by molar-refractivity contribution is 8.00. The molecule has 16 heavy (non-hydrogen) atoms. The first-order valence-corrected chi connectivity index (χ1v) is 6.68. The Balaban J connectivity index is 1.70. The van der Waals surface area contributed by atoms with Gasteiger partial charge in [0.25, 0.3) is 0 Å². The van der Waals surface area contributed by atoms with Gasteiger partial charge < -0.3 is 16.4 Å². The number of carbonyl (C=O) groups is 2. The number of rotatable bonds is 5. The summed E-state index contributed by atoms with van der Waals surface area (Å²) in [5.74, 6) is 0.761. The standard InChI is InChI=1S/C10H17N3O2S/c11-8(14)4-2-1-3-7-9-6(5-16-7)12-10(15)13-9/h6-7,9H,1-5H2,(H2,11,14)(H2,12,13,15)/t6-,7+,9-/m1/s1. The molecular weight excluding hydrogens is 226 g/mol. The van der Waals surface area contributed by atoms with Gasteiger partial charge in [0.15, 0.2) is 0 Å². The van der Waals surface area contributed by atoms with Crippen molar-refractivity contribution < 1.29 is 9.59 Å². The van der Waals surface area contributed by atoms with E-state index in [-0.39, 0.29) is 18.0 Å². The van der Waals surface area contributed by atoms with Crippen molar-refractivity contribution in [2.45, 2.75) is 43.0 Å². The molecule has 0 bridgehead atoms. The molecule has 3 atom stereocenters. The van der Waals surface area contributed by atoms with Crippen LogP contribution in [0.1, 0.15) is 25.7 Å². The molecule has 2 heterocycles. The maximum Gasteiger partial charge on any atom is 0.315 e. The summed E-state index contributed by atoms with van der Waals surface area (Å²) < 4.78 is 0. The van der Waals surface area contributed by atoms with Crippen LogP contribution in [0.5, 0.6) is 0 Å². The number of hydrogen-bond donors (Lipinski definition) is 3. The predicted molar refractivity (Wildman–Crippen MR) is 63.2 cm³/mol. The molecule has 0 aromatic heterocycles. The van der Waals surface area contributed by atoms with Crippen molar-refractivity contribution in [1.82, 2.24) is 10.6 Å². The molecule has 90 valence electrons. The molecule has 2 saturated heterocycles. The zero-order chi connectivity index (χ0) is 11.5. The number of nitrogens with two attached hydrogens (primary N) is 1. The van der Waals surface area contributed by atoms with E-state index in [4.69, 9.17) is 5.73 Å². The van der Waals surface area contributed by atoms with Gasteiger partial charge in [0.05, 0.1) is 12.1 Å². The molecule has 2 rings (SSSR count). The number of primary amides is 1. The molecule has 0 unspecified atom stereocenters. The quantitative estimate of drug-likeness (QED) is 0.476. The molecule has 0 aromatic rings. The van der Waals surface area contributed by atoms with Gasteiger partial charge >= 0.3 is 6.03 Å². The van der Waals surface area contributed by atoms with Crippen LogP contribution in [0.25, 0.3) is 0 Å². The number of urea groups is 1. The Bertz CT molecular complexity index is 298. The van der Waals surface area contributed by atoms with E-state index in [1.807, 2.05) is 11.8 Å². The van der Waals surface area contributed by atoms with Crippen LogP contribution in [0.4, 0.5) is 4.79 Å². The minimum absolute atomic E-state index is 0.0440. The molecular formula is C10H17N3O2S. The zero-order valence-electron chi connectivity index (χ0n) is 9.07. The van der Waals surface area contributed by atoms with Crippen molar-refractivity contribution in [2.24, 2.45) is 5.73 Å². The lowest BCUT2D eigenvalue weighted by atomic mass is 10.0. The minimum Gasteiger partial charge on any atom is -0.370 e. The van der Waals surface area contributed by atoms with Crippen LogP contribution in [-0.4, -0.2) is 35.0 Å². The highest BCUT2D eigenvalue weighted by atomic mass is 32.2. The van der Waals surface area contributed by atoms with Crippen molar-refractivity contribution in [3.05, 3.63) is 0 Å². The summed E-state index contributed by atoms with van der Waals surface area (Å²) in [7, 11) is 0. The lowest BCUT2D eigenvalue weighted by Crippen LogP contribution is -2.36. The fourth-order valence-corrected chi connectivity index (χ4v) is 3.83. The van der Waals surface area contributed by atoms with E-state index in [0.29, 0.717) is 17.7 Å². The number of amides is 3. The second kappa shape index (κ2) is 4.95. The fraction of sp³-hybridized carbons (Fsp3) is 0.800. The maximum atomic E-state index is 11.1. The number of thioether (sulfide) groups is 1. The Morgan fingerprint density at radius 3 is 3.00 bits per heavy atom. The predicted octanol–water partition coefficient (Wildman–Crippen LogP) is 0.197. The molecule has 0 aliphatic carbocycles. The normalized spacial score (nSPS) is 32.0. The fourth-order valence-electron chi connectivity index (χ4n) is 2.29. The zero-order valence-corrected chi connectivity index (χ0v) is 9.89. The first-order valence-electron chi connectivity index (χ1n) is 5.64. The third-order valence-electron chi connectivity index (χ3n) is 3.10. The van der Waals surface area contributed by atoms with Gasteiger partial charge in [0.1, 0.15) is 0 Å². The third-order valence-corrected chi connectivity index (χ3v) is 4.61. The van der Waals surface area contributed by atoms with Crippen LogP contribution in [0.2, 0.25) is 0 Å². The summed E-state index contributed by atoms with van der Waals surface area (Å²) in [6.07, 6.45) is 3.36. The van der Waals surface area contributed by atoms with Gasteiger partial charge in [-0.3, -0.25) is 4.79 Å². The van der Waals surface area contributed by atoms with Gasteiger partial charge in [-0.05, 0) is 12.8 Å². The Hall–Kier alpha value is -0.910. The van der Waals surface area contributed by atoms with Gasteiger partial charge in [-0.25, -0.2) is 4.79 Å². The first-order chi connectivity index (χ1) is 7.66. The van der Waals surface area contributed by atoms with Gasteiger partial charge in [-0.15, -0.1) is 0 Å². The molecule has 0 saturated carbocycles. The lowest BCUT2D eigenvalue weighted by molar-refractivity contribution is -0.118. The SMILES string of the molecule is NC(=O)CCCC[C@@H]1SC[C@H]2NC(=O)N[C@@H]12. The van der Waals surface area contributed by atoms with Crippen LogP contribution >= 0.6 is 11.8 Å². The molecule has 0 aromatic carbocycles. The number of nitrogens with one attached hydrogen (secondary N) is 2. The molecule has 0 radical (unpaired) electrons. The Labute approximate surface area is 98.9 Å². The summed E-state index contributed by atoms with van der Waals surface area (Å²) in [6.45, 7) is 0. The number of hydrogen-bond acceptors (Lipinski definition) is 3. The van der Waals surface area contributed by atoms with Crippen molar-refractivity contribution in [3.63, 3.8) is 0 Å². The lowest BCUT2D eigenvalue weighted by Gasteiger charge is -2.16. The van der Waals surface area contributed by atoms with E-state index in [1.165, 1.54) is 0 Å². The van der Waals surface area contributed by atoms with Crippen molar-refractivity contribution in [2.75, 3.05) is 5.75 Å². The van der Waals surface area contributed by atoms with E-state index in [2.05, 4.69) is 10.6 Å². The van der Waals surface area contributed by atoms with E-state index < -0.39 is 0 Å². The maximum absolute atomic E-state index is 11.1. The summed E-state index contributed by atoms with van der Waals surface area (Å²) in [6, 6.07) is 0.516. The summed E-state index contributed by atoms with van der Waals surface area (Å²) in [4.78, 5) is 21.7. The molecule has 2 aliphatic rings. The molecule has 4 N–H and O–H groups in total. The van der Waals surface area contributed by atoms with Crippen LogP contribution in [-0.2, 0) is 4.79 Å². The van der Waals surface area contributed by atoms with E-state index >= 15 is 0 Å². The number of fused-ring (bicyclic) bond motifs is 1. The topological polar surface area (TPSA) is 84.2 Å². The van der Waals surface area contributed by atoms with Crippen LogP contribution in [0.3, 0.4) is 0 Å². The van der Waals surface area contributed by atoms with E-state index in [0.717, 1.165) is 25.0 Å². The van der Waals surface area contributed by atoms with Crippen molar-refractivity contribution >= 4 is 23.7 Å². The van der Waals surface area contributed by atoms with Crippen LogP contribution in [0, 0.1) is 0 Å². The largest absolute Gasteiger partial charge is 0.370 e. The van der Waals surface area contributed by atoms with E-state index in [9.17, 15) is 9.59 Å². The monoisotopic (exact) mass is 243 g/mol. The first kappa shape index (κ1) is 11.6.